The molecule has 0 fully saturated rings. The molecule has 0 aromatic carbocycles. The van der Waals surface area contributed by atoms with Crippen LogP contribution < -0.4 is 6.15 Å². The van der Waals surface area contributed by atoms with E-state index in [0.29, 0.717) is 0 Å². The smallest absolute Gasteiger partial charge is 0.0402 e. The van der Waals surface area contributed by atoms with Gasteiger partial charge in [0, 0.05) is 46.0 Å². The van der Waals surface area contributed by atoms with Gasteiger partial charge in [0.25, 0.3) is 0 Å². The van der Waals surface area contributed by atoms with Gasteiger partial charge in [-0.05, 0) is 20.8 Å². The predicted octanol–water partition coefficient (Wildman–Crippen LogP) is 0.155. The van der Waals surface area contributed by atoms with Crippen molar-refractivity contribution in [1.82, 2.24) is 6.15 Å². The second-order valence-electron chi connectivity index (χ2n) is 0.949. The molecule has 0 bridgehead atoms. The van der Waals surface area contributed by atoms with Gasteiger partial charge in [0.1, 0.15) is 0 Å². The molecular weight excluding hydrogens is 225 g/mol. The topological polar surface area (TPSA) is 95.7 Å². The molecule has 0 aliphatic heterocycles. The molecule has 0 heterocycles. The predicted molar refractivity (Wildman–Crippen MR) is 43.3 cm³/mol. The van der Waals surface area contributed by atoms with Crippen LogP contribution in [-0.2, 0) is 26.2 Å². The zero-order chi connectivity index (χ0) is 8.12. The van der Waals surface area contributed by atoms with Crippen molar-refractivity contribution in [3.63, 3.8) is 0 Å². The largest absolute Gasteiger partial charge is 0.397 e. The van der Waals surface area contributed by atoms with Gasteiger partial charge in [-0.15, -0.1) is 0 Å². The zero-order valence-corrected chi connectivity index (χ0v) is 10.1. The molecule has 0 radical (unpaired) electrons. The first-order valence-corrected chi connectivity index (χ1v) is 3.07. The SMILES string of the molecule is CCO.CCO.CCO.N.[Zr]. The molecule has 72 valence electrons. The molecule has 0 aromatic heterocycles. The Hall–Kier alpha value is 0.723. The fourth-order valence-corrected chi connectivity index (χ4v) is 0. The van der Waals surface area contributed by atoms with Gasteiger partial charge in [-0.2, -0.15) is 0 Å². The van der Waals surface area contributed by atoms with Gasteiger partial charge in [0.2, 0.25) is 0 Å². The molecule has 5 heteroatoms. The summed E-state index contributed by atoms with van der Waals surface area (Å²) in [5.74, 6) is 0. The molecule has 0 atom stereocenters. The normalized spacial score (nSPS) is 4.91. The molecule has 6 N–H and O–H groups in total. The van der Waals surface area contributed by atoms with Gasteiger partial charge in [-0.1, -0.05) is 0 Å². The van der Waals surface area contributed by atoms with Crippen LogP contribution in [0.25, 0.3) is 0 Å². The van der Waals surface area contributed by atoms with Gasteiger partial charge >= 0.3 is 0 Å². The molecule has 0 saturated carbocycles. The minimum atomic E-state index is 0. The Morgan fingerprint density at radius 1 is 0.727 bits per heavy atom. The van der Waals surface area contributed by atoms with Crippen molar-refractivity contribution < 1.29 is 41.5 Å². The third kappa shape index (κ3) is 1560. The summed E-state index contributed by atoms with van der Waals surface area (Å²) in [7, 11) is 0. The van der Waals surface area contributed by atoms with Gasteiger partial charge in [-0.3, -0.25) is 0 Å². The minimum absolute atomic E-state index is 0. The summed E-state index contributed by atoms with van der Waals surface area (Å²) in [6.07, 6.45) is 0. The molecular formula is C6H21NO3Zr. The Balaban J connectivity index is -0.0000000150. The molecule has 11 heavy (non-hydrogen) atoms. The fourth-order valence-electron chi connectivity index (χ4n) is 0. The summed E-state index contributed by atoms with van der Waals surface area (Å²) in [6, 6.07) is 0. The molecule has 0 spiro atoms. The molecule has 0 aliphatic carbocycles. The number of hydrogen-bond acceptors (Lipinski definition) is 4. The van der Waals surface area contributed by atoms with Crippen LogP contribution in [0.3, 0.4) is 0 Å². The van der Waals surface area contributed by atoms with Crippen LogP contribution in [0.2, 0.25) is 0 Å². The number of aliphatic hydroxyl groups excluding tert-OH is 3. The summed E-state index contributed by atoms with van der Waals surface area (Å²) < 4.78 is 0. The summed E-state index contributed by atoms with van der Waals surface area (Å²) in [5, 5.41) is 22.7. The standard InChI is InChI=1S/3C2H6O.H3N.Zr/c3*1-2-3;;/h3*3H,2H2,1H3;1H3;. The van der Waals surface area contributed by atoms with E-state index < -0.39 is 0 Å². The van der Waals surface area contributed by atoms with Crippen molar-refractivity contribution in [3.05, 3.63) is 0 Å². The number of aliphatic hydroxyl groups is 3. The van der Waals surface area contributed by atoms with E-state index in [-0.39, 0.29) is 52.2 Å². The Kier molecular flexibility index (Phi) is 198. The van der Waals surface area contributed by atoms with Crippen LogP contribution in [-0.4, -0.2) is 35.1 Å². The monoisotopic (exact) mass is 245 g/mol. The average molecular weight is 246 g/mol. The van der Waals surface area contributed by atoms with E-state index in [1.807, 2.05) is 0 Å². The van der Waals surface area contributed by atoms with Crippen LogP contribution in [0.15, 0.2) is 0 Å². The minimum Gasteiger partial charge on any atom is -0.397 e. The van der Waals surface area contributed by atoms with E-state index in [2.05, 4.69) is 0 Å². The van der Waals surface area contributed by atoms with E-state index in [4.69, 9.17) is 15.3 Å². The second-order valence-corrected chi connectivity index (χ2v) is 0.949. The fraction of sp³-hybridized carbons (Fsp3) is 1.00. The van der Waals surface area contributed by atoms with Crippen LogP contribution in [0, 0.1) is 0 Å². The number of rotatable bonds is 0. The zero-order valence-electron chi connectivity index (χ0n) is 7.67. The van der Waals surface area contributed by atoms with Gasteiger partial charge in [0.05, 0.1) is 0 Å². The Bertz CT molecular complexity index is 22.5. The second kappa shape index (κ2) is 73.1. The molecule has 0 rings (SSSR count). The molecule has 0 unspecified atom stereocenters. The van der Waals surface area contributed by atoms with Crippen LogP contribution in [0.1, 0.15) is 20.8 Å². The van der Waals surface area contributed by atoms with Gasteiger partial charge in [0.15, 0.2) is 0 Å². The van der Waals surface area contributed by atoms with E-state index in [1.54, 1.807) is 20.8 Å². The molecule has 0 amide bonds. The third-order valence-corrected chi connectivity index (χ3v) is 0. The van der Waals surface area contributed by atoms with Crippen molar-refractivity contribution in [2.75, 3.05) is 19.8 Å². The third-order valence-electron chi connectivity index (χ3n) is 0. The molecule has 4 nitrogen and oxygen atoms in total. The maximum absolute atomic E-state index is 7.57. The van der Waals surface area contributed by atoms with Crippen molar-refractivity contribution in [2.24, 2.45) is 0 Å². The Labute approximate surface area is 88.3 Å². The maximum Gasteiger partial charge on any atom is 0.0402 e. The summed E-state index contributed by atoms with van der Waals surface area (Å²) in [4.78, 5) is 0. The van der Waals surface area contributed by atoms with E-state index in [1.165, 1.54) is 0 Å². The summed E-state index contributed by atoms with van der Waals surface area (Å²) in [6.45, 7) is 5.79. The Morgan fingerprint density at radius 2 is 0.727 bits per heavy atom. The first-order valence-electron chi connectivity index (χ1n) is 3.07. The molecule has 0 aliphatic rings. The van der Waals surface area contributed by atoms with Crippen molar-refractivity contribution in [1.29, 1.82) is 0 Å². The summed E-state index contributed by atoms with van der Waals surface area (Å²) in [5.41, 5.74) is 0. The van der Waals surface area contributed by atoms with E-state index >= 15 is 0 Å². The van der Waals surface area contributed by atoms with Crippen LogP contribution >= 0.6 is 0 Å². The Morgan fingerprint density at radius 3 is 0.727 bits per heavy atom. The van der Waals surface area contributed by atoms with Crippen LogP contribution in [0.5, 0.6) is 0 Å². The number of hydrogen-bond donors (Lipinski definition) is 4. The summed E-state index contributed by atoms with van der Waals surface area (Å²) >= 11 is 0. The van der Waals surface area contributed by atoms with Crippen molar-refractivity contribution in [3.8, 4) is 0 Å². The van der Waals surface area contributed by atoms with Crippen molar-refractivity contribution >= 4 is 0 Å². The quantitative estimate of drug-likeness (QED) is 0.489. The average Bonchev–Trinajstić information content (AvgIpc) is 1.70. The first kappa shape index (κ1) is 29.8. The first-order chi connectivity index (χ1) is 4.24. The molecule has 0 aromatic rings. The van der Waals surface area contributed by atoms with E-state index in [9.17, 15) is 0 Å². The van der Waals surface area contributed by atoms with E-state index in [0.717, 1.165) is 0 Å². The van der Waals surface area contributed by atoms with Crippen molar-refractivity contribution in [2.45, 2.75) is 20.8 Å². The molecule has 0 saturated heterocycles. The van der Waals surface area contributed by atoms with Gasteiger partial charge in [-0.25, -0.2) is 0 Å². The maximum atomic E-state index is 7.57. The van der Waals surface area contributed by atoms with Crippen LogP contribution in [0.4, 0.5) is 0 Å². The van der Waals surface area contributed by atoms with Gasteiger partial charge < -0.3 is 21.5 Å².